The summed E-state index contributed by atoms with van der Waals surface area (Å²) < 4.78 is 0. The zero-order valence-electron chi connectivity index (χ0n) is 18.1. The number of amides is 3. The van der Waals surface area contributed by atoms with Crippen LogP contribution in [0.1, 0.15) is 40.5 Å². The molecule has 0 bridgehead atoms. The molecule has 1 atom stereocenters. The fraction of sp³-hybridized carbons (Fsp3) is 0.435. The molecule has 0 aliphatic carbocycles. The quantitative estimate of drug-likeness (QED) is 0.742. The molecule has 168 valence electrons. The number of anilines is 2. The first-order chi connectivity index (χ1) is 15.5. The molecule has 9 heteroatoms. The number of nitrogens with one attached hydrogen (secondary N) is 2. The number of benzene rings is 1. The number of carbonyl (C=O) groups excluding carboxylic acids is 2. The van der Waals surface area contributed by atoms with Gasteiger partial charge in [-0.1, -0.05) is 11.6 Å². The number of aromatic nitrogens is 1. The molecule has 4 heterocycles. The van der Waals surface area contributed by atoms with Crippen LogP contribution in [0.15, 0.2) is 30.5 Å². The molecule has 1 aromatic heterocycles. The minimum Gasteiger partial charge on any atom is -0.368 e. The number of piperazine rings is 1. The van der Waals surface area contributed by atoms with E-state index in [1.807, 2.05) is 23.2 Å². The fourth-order valence-electron chi connectivity index (χ4n) is 4.91. The van der Waals surface area contributed by atoms with Gasteiger partial charge in [0.05, 0.1) is 28.1 Å². The lowest BCUT2D eigenvalue weighted by Gasteiger charge is -2.37. The summed E-state index contributed by atoms with van der Waals surface area (Å²) >= 11 is 6.47. The molecule has 0 spiro atoms. The summed E-state index contributed by atoms with van der Waals surface area (Å²) in [5.74, 6) is -0.140. The number of urea groups is 1. The number of rotatable bonds is 4. The van der Waals surface area contributed by atoms with Crippen molar-refractivity contribution in [3.8, 4) is 0 Å². The summed E-state index contributed by atoms with van der Waals surface area (Å²) in [7, 11) is 1.61. The Morgan fingerprint density at radius 3 is 2.78 bits per heavy atom. The molecule has 32 heavy (non-hydrogen) atoms. The number of carbonyl (C=O) groups is 2. The summed E-state index contributed by atoms with van der Waals surface area (Å²) in [6.07, 6.45) is 3.97. The van der Waals surface area contributed by atoms with Gasteiger partial charge in [-0.3, -0.25) is 14.7 Å². The van der Waals surface area contributed by atoms with Crippen LogP contribution in [0.4, 0.5) is 16.2 Å². The van der Waals surface area contributed by atoms with Gasteiger partial charge in [0.15, 0.2) is 0 Å². The number of nitrogens with zero attached hydrogens (tertiary/aromatic N) is 4. The number of pyridine rings is 1. The van der Waals surface area contributed by atoms with E-state index in [2.05, 4.69) is 26.5 Å². The SMILES string of the molecule is CNC(=O)c1ccc(N2CCN(Cc3cnc4c(c3)NC(=O)N3CCCC43)CC2)c(Cl)c1. The number of fused-ring (bicyclic) bond motifs is 3. The summed E-state index contributed by atoms with van der Waals surface area (Å²) in [6.45, 7) is 5.10. The van der Waals surface area contributed by atoms with Crippen molar-refractivity contribution in [2.24, 2.45) is 0 Å². The topological polar surface area (TPSA) is 80.8 Å². The van der Waals surface area contributed by atoms with Crippen LogP contribution in [-0.2, 0) is 6.54 Å². The zero-order valence-corrected chi connectivity index (χ0v) is 18.9. The molecular weight excluding hydrogens is 428 g/mol. The predicted molar refractivity (Wildman–Crippen MR) is 124 cm³/mol. The van der Waals surface area contributed by atoms with E-state index in [0.29, 0.717) is 10.6 Å². The summed E-state index contributed by atoms with van der Waals surface area (Å²) in [5, 5.41) is 6.23. The lowest BCUT2D eigenvalue weighted by atomic mass is 10.1. The van der Waals surface area contributed by atoms with Gasteiger partial charge in [0.2, 0.25) is 0 Å². The molecule has 3 aliphatic heterocycles. The Labute approximate surface area is 192 Å². The van der Waals surface area contributed by atoms with Crippen LogP contribution in [0, 0.1) is 0 Å². The third-order valence-corrected chi connectivity index (χ3v) is 6.90. The molecule has 8 nitrogen and oxygen atoms in total. The Hall–Kier alpha value is -2.84. The van der Waals surface area contributed by atoms with Gasteiger partial charge in [-0.15, -0.1) is 0 Å². The maximum absolute atomic E-state index is 12.4. The van der Waals surface area contributed by atoms with Gasteiger partial charge in [0.25, 0.3) is 5.91 Å². The molecule has 2 aromatic rings. The van der Waals surface area contributed by atoms with Crippen molar-refractivity contribution in [2.45, 2.75) is 25.4 Å². The first kappa shape index (κ1) is 21.0. The van der Waals surface area contributed by atoms with Gasteiger partial charge in [0.1, 0.15) is 0 Å². The van der Waals surface area contributed by atoms with Crippen molar-refractivity contribution in [1.29, 1.82) is 0 Å². The van der Waals surface area contributed by atoms with Crippen LogP contribution in [0.25, 0.3) is 0 Å². The molecule has 0 radical (unpaired) electrons. The molecule has 2 saturated heterocycles. The smallest absolute Gasteiger partial charge is 0.322 e. The summed E-state index contributed by atoms with van der Waals surface area (Å²) in [4.78, 5) is 35.4. The van der Waals surface area contributed by atoms with Crippen molar-refractivity contribution >= 4 is 34.9 Å². The lowest BCUT2D eigenvalue weighted by Crippen LogP contribution is -2.46. The van der Waals surface area contributed by atoms with E-state index in [0.717, 1.165) is 74.7 Å². The van der Waals surface area contributed by atoms with Gasteiger partial charge in [0, 0.05) is 58.1 Å². The van der Waals surface area contributed by atoms with Gasteiger partial charge in [-0.25, -0.2) is 4.79 Å². The van der Waals surface area contributed by atoms with Crippen molar-refractivity contribution in [3.63, 3.8) is 0 Å². The average molecular weight is 455 g/mol. The van der Waals surface area contributed by atoms with Gasteiger partial charge in [-0.05, 0) is 42.7 Å². The number of halogens is 1. The van der Waals surface area contributed by atoms with Crippen LogP contribution in [0.3, 0.4) is 0 Å². The molecule has 3 amide bonds. The van der Waals surface area contributed by atoms with E-state index in [4.69, 9.17) is 16.6 Å². The molecular formula is C23H27ClN6O2. The second-order valence-electron chi connectivity index (χ2n) is 8.57. The monoisotopic (exact) mass is 454 g/mol. The van der Waals surface area contributed by atoms with Crippen molar-refractivity contribution in [3.05, 3.63) is 52.3 Å². The zero-order chi connectivity index (χ0) is 22.2. The van der Waals surface area contributed by atoms with Gasteiger partial charge < -0.3 is 20.4 Å². The third-order valence-electron chi connectivity index (χ3n) is 6.60. The van der Waals surface area contributed by atoms with Crippen LogP contribution >= 0.6 is 11.6 Å². The minimum atomic E-state index is -0.140. The number of hydrogen-bond donors (Lipinski definition) is 2. The molecule has 5 rings (SSSR count). The van der Waals surface area contributed by atoms with E-state index in [9.17, 15) is 9.59 Å². The van der Waals surface area contributed by atoms with E-state index < -0.39 is 0 Å². The van der Waals surface area contributed by atoms with Crippen molar-refractivity contribution < 1.29 is 9.59 Å². The predicted octanol–water partition coefficient (Wildman–Crippen LogP) is 3.10. The minimum absolute atomic E-state index is 0.00752. The molecule has 1 aromatic carbocycles. The van der Waals surface area contributed by atoms with Crippen LogP contribution < -0.4 is 15.5 Å². The maximum atomic E-state index is 12.4. The van der Waals surface area contributed by atoms with Gasteiger partial charge in [-0.2, -0.15) is 0 Å². The summed E-state index contributed by atoms with van der Waals surface area (Å²) in [5.41, 5.74) is 4.48. The molecule has 1 unspecified atom stereocenters. The highest BCUT2D eigenvalue weighted by atomic mass is 35.5. The lowest BCUT2D eigenvalue weighted by molar-refractivity contribution is 0.0963. The molecule has 2 N–H and O–H groups in total. The van der Waals surface area contributed by atoms with Crippen LogP contribution in [0.2, 0.25) is 5.02 Å². The number of hydrogen-bond acceptors (Lipinski definition) is 5. The highest BCUT2D eigenvalue weighted by Crippen LogP contribution is 2.38. The van der Waals surface area contributed by atoms with Crippen LogP contribution in [-0.4, -0.2) is 66.5 Å². The second kappa shape index (κ2) is 8.60. The van der Waals surface area contributed by atoms with Crippen molar-refractivity contribution in [2.75, 3.05) is 50.0 Å². The fourth-order valence-corrected chi connectivity index (χ4v) is 5.21. The second-order valence-corrected chi connectivity index (χ2v) is 8.97. The first-order valence-electron chi connectivity index (χ1n) is 11.1. The Balaban J connectivity index is 1.22. The Bertz CT molecular complexity index is 1050. The van der Waals surface area contributed by atoms with Crippen molar-refractivity contribution in [1.82, 2.24) is 20.1 Å². The molecule has 2 fully saturated rings. The summed E-state index contributed by atoms with van der Waals surface area (Å²) in [6, 6.07) is 7.65. The normalized spacial score (nSPS) is 20.6. The largest absolute Gasteiger partial charge is 0.368 e. The van der Waals surface area contributed by atoms with E-state index in [-0.39, 0.29) is 18.0 Å². The van der Waals surface area contributed by atoms with E-state index >= 15 is 0 Å². The molecule has 3 aliphatic rings. The van der Waals surface area contributed by atoms with Gasteiger partial charge >= 0.3 is 6.03 Å². The third kappa shape index (κ3) is 3.89. The standard InChI is InChI=1S/C23H27ClN6O2/c1-25-22(31)16-4-5-19(17(24)12-16)29-9-7-28(8-10-29)14-15-11-18-21(26-13-15)20-3-2-6-30(20)23(32)27-18/h4-5,11-13,20H,2-3,6-10,14H2,1H3,(H,25,31)(H,27,32). The molecule has 0 saturated carbocycles. The highest BCUT2D eigenvalue weighted by molar-refractivity contribution is 6.33. The Morgan fingerprint density at radius 1 is 1.22 bits per heavy atom. The Morgan fingerprint density at radius 2 is 2.03 bits per heavy atom. The van der Waals surface area contributed by atoms with Crippen LogP contribution in [0.5, 0.6) is 0 Å². The average Bonchev–Trinajstić information content (AvgIpc) is 3.30. The highest BCUT2D eigenvalue weighted by Gasteiger charge is 2.37. The maximum Gasteiger partial charge on any atom is 0.322 e. The van der Waals surface area contributed by atoms with E-state index in [1.54, 1.807) is 13.1 Å². The van der Waals surface area contributed by atoms with E-state index in [1.165, 1.54) is 0 Å². The Kier molecular flexibility index (Phi) is 5.65. The first-order valence-corrected chi connectivity index (χ1v) is 11.5.